The molecule has 0 unspecified atom stereocenters. The lowest BCUT2D eigenvalue weighted by Gasteiger charge is -2.24. The van der Waals surface area contributed by atoms with Gasteiger partial charge >= 0.3 is 0 Å². The average molecular weight is 406 g/mol. The Kier molecular flexibility index (Phi) is 7.57. The summed E-state index contributed by atoms with van der Waals surface area (Å²) in [4.78, 5) is 4.87. The summed E-state index contributed by atoms with van der Waals surface area (Å²) in [5, 5.41) is 6.18. The minimum atomic E-state index is -3.35. The van der Waals surface area contributed by atoms with Crippen molar-refractivity contribution in [2.75, 3.05) is 25.4 Å². The average Bonchev–Trinajstić information content (AvgIpc) is 2.67. The number of halogens is 1. The third kappa shape index (κ3) is 6.34. The molecule has 2 aromatic rings. The summed E-state index contributed by atoms with van der Waals surface area (Å²) in [6.07, 6.45) is 0. The summed E-state index contributed by atoms with van der Waals surface area (Å²) in [5.74, 6) is 0.232. The van der Waals surface area contributed by atoms with Crippen LogP contribution >= 0.6 is 0 Å². The SMILES string of the molecule is CCNC(=NCC(C)(C)c1cccc(F)c1)NCCS(=O)(=O)c1ccccc1. The second kappa shape index (κ2) is 9.68. The van der Waals surface area contributed by atoms with Crippen LogP contribution in [0.3, 0.4) is 0 Å². The zero-order valence-corrected chi connectivity index (χ0v) is 17.4. The third-order valence-electron chi connectivity index (χ3n) is 4.35. The highest BCUT2D eigenvalue weighted by Gasteiger charge is 2.21. The van der Waals surface area contributed by atoms with Gasteiger partial charge in [-0.2, -0.15) is 0 Å². The topological polar surface area (TPSA) is 70.6 Å². The standard InChI is InChI=1S/C21H28FN3O2S/c1-4-23-20(24-13-14-28(26,27)19-11-6-5-7-12-19)25-16-21(2,3)17-9-8-10-18(22)15-17/h5-12,15H,4,13-14,16H2,1-3H3,(H2,23,24,25). The maximum absolute atomic E-state index is 13.5. The van der Waals surface area contributed by atoms with Crippen molar-refractivity contribution in [1.29, 1.82) is 0 Å². The molecule has 0 aliphatic rings. The molecule has 0 fully saturated rings. The number of hydrogen-bond donors (Lipinski definition) is 2. The minimum Gasteiger partial charge on any atom is -0.357 e. The molecule has 0 atom stereocenters. The van der Waals surface area contributed by atoms with Gasteiger partial charge in [0.1, 0.15) is 5.82 Å². The van der Waals surface area contributed by atoms with Gasteiger partial charge in [0.05, 0.1) is 17.2 Å². The van der Waals surface area contributed by atoms with Crippen molar-refractivity contribution < 1.29 is 12.8 Å². The molecule has 2 N–H and O–H groups in total. The number of nitrogens with zero attached hydrogens (tertiary/aromatic N) is 1. The van der Waals surface area contributed by atoms with E-state index in [4.69, 9.17) is 0 Å². The van der Waals surface area contributed by atoms with Gasteiger partial charge in [-0.15, -0.1) is 0 Å². The molecule has 0 aliphatic carbocycles. The van der Waals surface area contributed by atoms with Crippen molar-refractivity contribution in [2.24, 2.45) is 4.99 Å². The molecule has 2 aromatic carbocycles. The van der Waals surface area contributed by atoms with Crippen LogP contribution in [-0.4, -0.2) is 39.8 Å². The number of rotatable bonds is 8. The summed E-state index contributed by atoms with van der Waals surface area (Å²) in [7, 11) is -3.35. The molecule has 0 saturated carbocycles. The molecule has 0 saturated heterocycles. The van der Waals surface area contributed by atoms with E-state index in [1.807, 2.05) is 26.8 Å². The second-order valence-corrected chi connectivity index (χ2v) is 9.26. The Bertz CT molecular complexity index is 897. The van der Waals surface area contributed by atoms with Crippen molar-refractivity contribution in [2.45, 2.75) is 31.1 Å². The summed E-state index contributed by atoms with van der Waals surface area (Å²) >= 11 is 0. The van der Waals surface area contributed by atoms with E-state index in [0.29, 0.717) is 23.9 Å². The molecule has 0 aliphatic heterocycles. The van der Waals surface area contributed by atoms with Crippen molar-refractivity contribution in [3.05, 3.63) is 66.0 Å². The fraction of sp³-hybridized carbons (Fsp3) is 0.381. The summed E-state index contributed by atoms with van der Waals surface area (Å²) < 4.78 is 38.3. The zero-order valence-electron chi connectivity index (χ0n) is 16.6. The Morgan fingerprint density at radius 3 is 2.43 bits per heavy atom. The van der Waals surface area contributed by atoms with E-state index in [9.17, 15) is 12.8 Å². The first-order valence-corrected chi connectivity index (χ1v) is 11.0. The summed E-state index contributed by atoms with van der Waals surface area (Å²) in [6.45, 7) is 7.25. The van der Waals surface area contributed by atoms with E-state index in [1.165, 1.54) is 12.1 Å². The highest BCUT2D eigenvalue weighted by molar-refractivity contribution is 7.91. The van der Waals surface area contributed by atoms with Gasteiger partial charge in [-0.25, -0.2) is 12.8 Å². The Balaban J connectivity index is 2.00. The molecule has 28 heavy (non-hydrogen) atoms. The van der Waals surface area contributed by atoms with E-state index in [1.54, 1.807) is 36.4 Å². The molecular formula is C21H28FN3O2S. The number of nitrogens with one attached hydrogen (secondary N) is 2. The van der Waals surface area contributed by atoms with E-state index >= 15 is 0 Å². The second-order valence-electron chi connectivity index (χ2n) is 7.15. The lowest BCUT2D eigenvalue weighted by atomic mass is 9.85. The van der Waals surface area contributed by atoms with Crippen LogP contribution in [-0.2, 0) is 15.3 Å². The van der Waals surface area contributed by atoms with Crippen LogP contribution < -0.4 is 10.6 Å². The highest BCUT2D eigenvalue weighted by Crippen LogP contribution is 2.24. The summed E-state index contributed by atoms with van der Waals surface area (Å²) in [6, 6.07) is 14.9. The van der Waals surface area contributed by atoms with Crippen LogP contribution in [0.2, 0.25) is 0 Å². The summed E-state index contributed by atoms with van der Waals surface area (Å²) in [5.41, 5.74) is 0.499. The molecule has 0 aromatic heterocycles. The molecule has 0 amide bonds. The van der Waals surface area contributed by atoms with Gasteiger partial charge in [0.25, 0.3) is 0 Å². The maximum Gasteiger partial charge on any atom is 0.191 e. The van der Waals surface area contributed by atoms with Gasteiger partial charge in [0.2, 0.25) is 0 Å². The Hall–Kier alpha value is -2.41. The van der Waals surface area contributed by atoms with Crippen molar-refractivity contribution in [3.8, 4) is 0 Å². The fourth-order valence-electron chi connectivity index (χ4n) is 2.67. The fourth-order valence-corrected chi connectivity index (χ4v) is 3.85. The van der Waals surface area contributed by atoms with Crippen molar-refractivity contribution in [1.82, 2.24) is 10.6 Å². The Morgan fingerprint density at radius 2 is 1.79 bits per heavy atom. The molecule has 0 heterocycles. The van der Waals surface area contributed by atoms with Gasteiger partial charge in [-0.05, 0) is 36.8 Å². The molecular weight excluding hydrogens is 377 g/mol. The number of guanidine groups is 1. The van der Waals surface area contributed by atoms with Gasteiger partial charge in [-0.3, -0.25) is 4.99 Å². The van der Waals surface area contributed by atoms with Crippen molar-refractivity contribution >= 4 is 15.8 Å². The molecule has 0 spiro atoms. The van der Waals surface area contributed by atoms with Gasteiger partial charge in [0.15, 0.2) is 15.8 Å². The van der Waals surface area contributed by atoms with Crippen LogP contribution in [0.15, 0.2) is 64.5 Å². The first kappa shape index (κ1) is 21.9. The Labute approximate surface area is 167 Å². The molecule has 0 bridgehead atoms. The predicted octanol–water partition coefficient (Wildman–Crippen LogP) is 3.13. The van der Waals surface area contributed by atoms with E-state index in [-0.39, 0.29) is 23.5 Å². The first-order valence-electron chi connectivity index (χ1n) is 9.30. The van der Waals surface area contributed by atoms with Crippen LogP contribution in [0.4, 0.5) is 4.39 Å². The molecule has 7 heteroatoms. The van der Waals surface area contributed by atoms with E-state index in [0.717, 1.165) is 5.56 Å². The zero-order chi connectivity index (χ0) is 20.6. The van der Waals surface area contributed by atoms with E-state index < -0.39 is 9.84 Å². The van der Waals surface area contributed by atoms with Gasteiger partial charge in [-0.1, -0.05) is 44.2 Å². The predicted molar refractivity (Wildman–Crippen MR) is 112 cm³/mol. The van der Waals surface area contributed by atoms with Crippen LogP contribution in [0.1, 0.15) is 26.3 Å². The molecule has 0 radical (unpaired) electrons. The largest absolute Gasteiger partial charge is 0.357 e. The third-order valence-corrected chi connectivity index (χ3v) is 6.08. The smallest absolute Gasteiger partial charge is 0.191 e. The first-order chi connectivity index (χ1) is 13.2. The maximum atomic E-state index is 13.5. The minimum absolute atomic E-state index is 0.0330. The lowest BCUT2D eigenvalue weighted by Crippen LogP contribution is -2.40. The van der Waals surface area contributed by atoms with Gasteiger partial charge < -0.3 is 10.6 Å². The lowest BCUT2D eigenvalue weighted by molar-refractivity contribution is 0.529. The quantitative estimate of drug-likeness (QED) is 0.523. The van der Waals surface area contributed by atoms with Crippen molar-refractivity contribution in [3.63, 3.8) is 0 Å². The number of aliphatic imine (C=N–C) groups is 1. The van der Waals surface area contributed by atoms with Crippen LogP contribution in [0, 0.1) is 5.82 Å². The number of hydrogen-bond acceptors (Lipinski definition) is 3. The Morgan fingerprint density at radius 1 is 1.07 bits per heavy atom. The molecule has 152 valence electrons. The molecule has 5 nitrogen and oxygen atoms in total. The van der Waals surface area contributed by atoms with E-state index in [2.05, 4.69) is 15.6 Å². The number of benzene rings is 2. The van der Waals surface area contributed by atoms with Crippen LogP contribution in [0.5, 0.6) is 0 Å². The number of sulfone groups is 1. The normalized spacial score (nSPS) is 12.6. The highest BCUT2D eigenvalue weighted by atomic mass is 32.2. The molecule has 2 rings (SSSR count). The monoisotopic (exact) mass is 405 g/mol. The van der Waals surface area contributed by atoms with Crippen LogP contribution in [0.25, 0.3) is 0 Å². The van der Waals surface area contributed by atoms with Gasteiger partial charge in [0, 0.05) is 18.5 Å².